The van der Waals surface area contributed by atoms with E-state index in [2.05, 4.69) is 5.32 Å². The molecule has 19 heavy (non-hydrogen) atoms. The van der Waals surface area contributed by atoms with E-state index in [4.69, 9.17) is 5.73 Å². The lowest BCUT2D eigenvalue weighted by Gasteiger charge is -2.04. The Balaban J connectivity index is 2.45. The number of nitrogens with one attached hydrogen (secondary N) is 1. The summed E-state index contributed by atoms with van der Waals surface area (Å²) in [6.07, 6.45) is 0.517. The van der Waals surface area contributed by atoms with E-state index in [-0.39, 0.29) is 24.3 Å². The number of ketones is 1. The molecule has 3 N–H and O–H groups in total. The lowest BCUT2D eigenvalue weighted by atomic mass is 10.1. The summed E-state index contributed by atoms with van der Waals surface area (Å²) in [5.74, 6) is -2.46. The summed E-state index contributed by atoms with van der Waals surface area (Å²) in [6.45, 7) is 0.925. The van der Waals surface area contributed by atoms with Crippen molar-refractivity contribution in [3.8, 4) is 0 Å². The largest absolute Gasteiger partial charge is 0.356 e. The average Bonchev–Trinajstić information content (AvgIpc) is 2.36. The Kier molecular flexibility index (Phi) is 6.08. The zero-order valence-electron chi connectivity index (χ0n) is 10.4. The van der Waals surface area contributed by atoms with Crippen molar-refractivity contribution in [2.24, 2.45) is 5.73 Å². The molecule has 1 amide bonds. The summed E-state index contributed by atoms with van der Waals surface area (Å²) in [5, 5.41) is 2.59. The Morgan fingerprint density at radius 3 is 2.58 bits per heavy atom. The van der Waals surface area contributed by atoms with Crippen LogP contribution < -0.4 is 11.1 Å². The van der Waals surface area contributed by atoms with Crippen molar-refractivity contribution >= 4 is 11.7 Å². The van der Waals surface area contributed by atoms with Crippen LogP contribution in [0.2, 0.25) is 0 Å². The Bertz CT molecular complexity index is 464. The van der Waals surface area contributed by atoms with Crippen molar-refractivity contribution in [1.82, 2.24) is 5.32 Å². The summed E-state index contributed by atoms with van der Waals surface area (Å²) in [6, 6.07) is 2.74. The Labute approximate surface area is 110 Å². The fraction of sp³-hybridized carbons (Fsp3) is 0.385. The lowest BCUT2D eigenvalue weighted by molar-refractivity contribution is -0.121. The first kappa shape index (κ1) is 15.2. The minimum atomic E-state index is -0.909. The molecule has 0 heterocycles. The minimum Gasteiger partial charge on any atom is -0.356 e. The van der Waals surface area contributed by atoms with Gasteiger partial charge in [-0.1, -0.05) is 0 Å². The number of hydrogen-bond donors (Lipinski definition) is 2. The second-order valence-electron chi connectivity index (χ2n) is 4.04. The van der Waals surface area contributed by atoms with Gasteiger partial charge in [0.25, 0.3) is 0 Å². The van der Waals surface area contributed by atoms with Crippen molar-refractivity contribution in [2.45, 2.75) is 19.3 Å². The van der Waals surface area contributed by atoms with E-state index in [1.807, 2.05) is 0 Å². The molecule has 0 bridgehead atoms. The number of nitrogens with two attached hydrogens (primary N) is 1. The highest BCUT2D eigenvalue weighted by Crippen LogP contribution is 2.12. The monoisotopic (exact) mass is 270 g/mol. The van der Waals surface area contributed by atoms with Gasteiger partial charge in [-0.25, -0.2) is 8.78 Å². The van der Waals surface area contributed by atoms with E-state index >= 15 is 0 Å². The van der Waals surface area contributed by atoms with Crippen LogP contribution in [0.3, 0.4) is 0 Å². The molecule has 0 unspecified atom stereocenters. The highest BCUT2D eigenvalue weighted by Gasteiger charge is 2.13. The number of benzene rings is 1. The molecule has 0 spiro atoms. The van der Waals surface area contributed by atoms with Crippen molar-refractivity contribution in [3.05, 3.63) is 35.4 Å². The minimum absolute atomic E-state index is 0.0276. The van der Waals surface area contributed by atoms with Gasteiger partial charge < -0.3 is 11.1 Å². The van der Waals surface area contributed by atoms with Gasteiger partial charge in [0.2, 0.25) is 5.91 Å². The van der Waals surface area contributed by atoms with Gasteiger partial charge in [0.05, 0.1) is 5.56 Å². The first-order valence-corrected chi connectivity index (χ1v) is 5.99. The van der Waals surface area contributed by atoms with E-state index in [1.54, 1.807) is 0 Å². The zero-order chi connectivity index (χ0) is 14.3. The number of Topliss-reactive ketones (excluding diaryl/α,β-unsaturated/α-hetero) is 1. The SMILES string of the molecule is NCCCNC(=O)CCC(=O)c1ccc(F)cc1F. The lowest BCUT2D eigenvalue weighted by Crippen LogP contribution is -2.26. The normalized spacial score (nSPS) is 10.3. The summed E-state index contributed by atoms with van der Waals surface area (Å²) < 4.78 is 26.0. The van der Waals surface area contributed by atoms with Crippen LogP contribution in [0.1, 0.15) is 29.6 Å². The molecule has 0 saturated carbocycles. The summed E-state index contributed by atoms with van der Waals surface area (Å²) in [7, 11) is 0. The third kappa shape index (κ3) is 5.13. The van der Waals surface area contributed by atoms with Crippen LogP contribution in [0.4, 0.5) is 8.78 Å². The number of halogens is 2. The van der Waals surface area contributed by atoms with Gasteiger partial charge in [-0.2, -0.15) is 0 Å². The van der Waals surface area contributed by atoms with Gasteiger partial charge in [0.1, 0.15) is 11.6 Å². The molecule has 1 rings (SSSR count). The first-order chi connectivity index (χ1) is 9.04. The zero-order valence-corrected chi connectivity index (χ0v) is 10.4. The average molecular weight is 270 g/mol. The Hall–Kier alpha value is -1.82. The molecule has 6 heteroatoms. The molecular formula is C13H16F2N2O2. The topological polar surface area (TPSA) is 72.2 Å². The number of amides is 1. The van der Waals surface area contributed by atoms with Gasteiger partial charge in [-0.05, 0) is 25.1 Å². The van der Waals surface area contributed by atoms with E-state index in [0.29, 0.717) is 25.6 Å². The standard InChI is InChI=1S/C13H16F2N2O2/c14-9-2-3-10(11(15)8-9)12(18)4-5-13(19)17-7-1-6-16/h2-3,8H,1,4-7,16H2,(H,17,19). The molecule has 0 aliphatic carbocycles. The molecule has 0 atom stereocenters. The van der Waals surface area contributed by atoms with Crippen LogP contribution in [-0.4, -0.2) is 24.8 Å². The van der Waals surface area contributed by atoms with Crippen LogP contribution in [0.25, 0.3) is 0 Å². The summed E-state index contributed by atoms with van der Waals surface area (Å²) in [5.41, 5.74) is 5.07. The van der Waals surface area contributed by atoms with Crippen molar-refractivity contribution in [2.75, 3.05) is 13.1 Å². The van der Waals surface area contributed by atoms with Crippen molar-refractivity contribution < 1.29 is 18.4 Å². The molecule has 1 aromatic carbocycles. The fourth-order valence-electron chi connectivity index (χ4n) is 1.50. The van der Waals surface area contributed by atoms with Gasteiger partial charge in [-0.15, -0.1) is 0 Å². The van der Waals surface area contributed by atoms with Crippen LogP contribution in [0.5, 0.6) is 0 Å². The molecule has 1 aromatic rings. The molecule has 104 valence electrons. The van der Waals surface area contributed by atoms with Gasteiger partial charge >= 0.3 is 0 Å². The maximum absolute atomic E-state index is 13.3. The van der Waals surface area contributed by atoms with Crippen molar-refractivity contribution in [1.29, 1.82) is 0 Å². The molecule has 0 aliphatic rings. The van der Waals surface area contributed by atoms with Gasteiger partial charge in [-0.3, -0.25) is 9.59 Å². The Morgan fingerprint density at radius 2 is 1.95 bits per heavy atom. The Morgan fingerprint density at radius 1 is 1.21 bits per heavy atom. The summed E-state index contributed by atoms with van der Waals surface area (Å²) >= 11 is 0. The molecular weight excluding hydrogens is 254 g/mol. The second-order valence-corrected chi connectivity index (χ2v) is 4.04. The first-order valence-electron chi connectivity index (χ1n) is 5.99. The number of carbonyl (C=O) groups is 2. The van der Waals surface area contributed by atoms with E-state index < -0.39 is 17.4 Å². The maximum Gasteiger partial charge on any atom is 0.220 e. The molecule has 0 radical (unpaired) electrons. The predicted octanol–water partition coefficient (Wildman–Crippen LogP) is 1.39. The molecule has 0 aliphatic heterocycles. The predicted molar refractivity (Wildman–Crippen MR) is 66.6 cm³/mol. The highest BCUT2D eigenvalue weighted by molar-refractivity contribution is 5.98. The van der Waals surface area contributed by atoms with E-state index in [0.717, 1.165) is 12.1 Å². The number of hydrogen-bond acceptors (Lipinski definition) is 3. The quantitative estimate of drug-likeness (QED) is 0.581. The smallest absolute Gasteiger partial charge is 0.220 e. The van der Waals surface area contributed by atoms with Crippen molar-refractivity contribution in [3.63, 3.8) is 0 Å². The maximum atomic E-state index is 13.3. The third-order valence-electron chi connectivity index (χ3n) is 2.51. The van der Waals surface area contributed by atoms with Crippen LogP contribution in [0, 0.1) is 11.6 Å². The van der Waals surface area contributed by atoms with E-state index in [1.165, 1.54) is 0 Å². The molecule has 4 nitrogen and oxygen atoms in total. The number of rotatable bonds is 7. The number of carbonyl (C=O) groups excluding carboxylic acids is 2. The van der Waals surface area contributed by atoms with Crippen LogP contribution >= 0.6 is 0 Å². The van der Waals surface area contributed by atoms with E-state index in [9.17, 15) is 18.4 Å². The van der Waals surface area contributed by atoms with Crippen LogP contribution in [-0.2, 0) is 4.79 Å². The van der Waals surface area contributed by atoms with Gasteiger partial charge in [0.15, 0.2) is 5.78 Å². The third-order valence-corrected chi connectivity index (χ3v) is 2.51. The fourth-order valence-corrected chi connectivity index (χ4v) is 1.50. The summed E-state index contributed by atoms with van der Waals surface area (Å²) in [4.78, 5) is 23.0. The molecule has 0 fully saturated rings. The molecule has 0 aromatic heterocycles. The second kappa shape index (κ2) is 7.58. The highest BCUT2D eigenvalue weighted by atomic mass is 19.1. The molecule has 0 saturated heterocycles. The van der Waals surface area contributed by atoms with Crippen LogP contribution in [0.15, 0.2) is 18.2 Å². The van der Waals surface area contributed by atoms with Gasteiger partial charge in [0, 0.05) is 25.5 Å².